The molecule has 98 valence electrons. The number of rotatable bonds is 7. The predicted octanol–water partition coefficient (Wildman–Crippen LogP) is 2.32. The summed E-state index contributed by atoms with van der Waals surface area (Å²) >= 11 is 0. The highest BCUT2D eigenvalue weighted by atomic mass is 16.6. The number of non-ortho nitro benzene ring substituents is 1. The van der Waals surface area contributed by atoms with Gasteiger partial charge in [0, 0.05) is 12.5 Å². The monoisotopic (exact) mass is 253 g/mol. The molecule has 0 unspecified atom stereocenters. The van der Waals surface area contributed by atoms with Crippen molar-refractivity contribution in [1.29, 1.82) is 0 Å². The molecule has 1 aromatic rings. The summed E-state index contributed by atoms with van der Waals surface area (Å²) in [6.45, 7) is 0.415. The number of carbonyl (C=O) groups excluding carboxylic acids is 1. The van der Waals surface area contributed by atoms with Gasteiger partial charge in [-0.05, 0) is 18.9 Å². The number of unbranched alkanes of at least 4 members (excludes halogenated alkanes) is 1. The van der Waals surface area contributed by atoms with Crippen molar-refractivity contribution in [1.82, 2.24) is 0 Å². The molecule has 0 fully saturated rings. The van der Waals surface area contributed by atoms with Crippen molar-refractivity contribution < 1.29 is 19.2 Å². The van der Waals surface area contributed by atoms with Gasteiger partial charge in [0.25, 0.3) is 5.69 Å². The van der Waals surface area contributed by atoms with Gasteiger partial charge in [-0.15, -0.1) is 0 Å². The molecule has 18 heavy (non-hydrogen) atoms. The Kier molecular flexibility index (Phi) is 5.63. The highest BCUT2D eigenvalue weighted by Crippen LogP contribution is 2.19. The number of esters is 1. The maximum atomic E-state index is 10.8. The van der Waals surface area contributed by atoms with Crippen molar-refractivity contribution >= 4 is 11.7 Å². The Labute approximate surface area is 105 Å². The van der Waals surface area contributed by atoms with E-state index in [0.29, 0.717) is 31.6 Å². The van der Waals surface area contributed by atoms with E-state index in [9.17, 15) is 14.9 Å². The summed E-state index contributed by atoms with van der Waals surface area (Å²) in [5.41, 5.74) is 0.00191. The van der Waals surface area contributed by atoms with E-state index in [1.807, 2.05) is 0 Å². The fourth-order valence-electron chi connectivity index (χ4n) is 1.35. The second-order valence-corrected chi connectivity index (χ2v) is 3.64. The molecule has 0 aromatic heterocycles. The van der Waals surface area contributed by atoms with Crippen molar-refractivity contribution in [2.75, 3.05) is 13.7 Å². The van der Waals surface area contributed by atoms with Crippen LogP contribution >= 0.6 is 0 Å². The summed E-state index contributed by atoms with van der Waals surface area (Å²) in [5.74, 6) is 0.215. The summed E-state index contributed by atoms with van der Waals surface area (Å²) in [5, 5.41) is 10.5. The Morgan fingerprint density at radius 3 is 2.83 bits per heavy atom. The van der Waals surface area contributed by atoms with Gasteiger partial charge in [-0.25, -0.2) is 0 Å². The first-order valence-corrected chi connectivity index (χ1v) is 5.57. The topological polar surface area (TPSA) is 78.7 Å². The van der Waals surface area contributed by atoms with Crippen molar-refractivity contribution in [3.63, 3.8) is 0 Å². The zero-order valence-corrected chi connectivity index (χ0v) is 10.1. The molecule has 0 heterocycles. The lowest BCUT2D eigenvalue weighted by Gasteiger charge is -2.05. The van der Waals surface area contributed by atoms with Crippen molar-refractivity contribution in [3.05, 3.63) is 34.4 Å². The highest BCUT2D eigenvalue weighted by Gasteiger charge is 2.06. The van der Waals surface area contributed by atoms with Gasteiger partial charge in [0.05, 0.1) is 24.7 Å². The van der Waals surface area contributed by atoms with Crippen molar-refractivity contribution in [2.45, 2.75) is 19.3 Å². The van der Waals surface area contributed by atoms with E-state index < -0.39 is 4.92 Å². The van der Waals surface area contributed by atoms with Gasteiger partial charge in [0.2, 0.25) is 0 Å². The number of nitro groups is 1. The fourth-order valence-corrected chi connectivity index (χ4v) is 1.35. The average molecular weight is 253 g/mol. The van der Waals surface area contributed by atoms with Crippen LogP contribution in [-0.2, 0) is 9.53 Å². The Morgan fingerprint density at radius 1 is 1.39 bits per heavy atom. The number of hydrogen-bond acceptors (Lipinski definition) is 5. The molecule has 0 saturated heterocycles. The number of carbonyl (C=O) groups is 1. The lowest BCUT2D eigenvalue weighted by molar-refractivity contribution is -0.384. The summed E-state index contributed by atoms with van der Waals surface area (Å²) in [6, 6.07) is 6.01. The molecule has 0 N–H and O–H groups in total. The summed E-state index contributed by atoms with van der Waals surface area (Å²) in [4.78, 5) is 20.9. The molecule has 6 heteroatoms. The number of nitrogens with zero attached hydrogens (tertiary/aromatic N) is 1. The number of ether oxygens (including phenoxy) is 2. The van der Waals surface area contributed by atoms with Crippen LogP contribution in [-0.4, -0.2) is 24.6 Å². The van der Waals surface area contributed by atoms with Crippen LogP contribution in [0.4, 0.5) is 5.69 Å². The molecule has 1 aromatic carbocycles. The lowest BCUT2D eigenvalue weighted by atomic mass is 10.2. The number of benzene rings is 1. The molecule has 6 nitrogen and oxygen atoms in total. The van der Waals surface area contributed by atoms with E-state index in [-0.39, 0.29) is 11.7 Å². The first-order chi connectivity index (χ1) is 8.63. The molecule has 0 aliphatic carbocycles. The van der Waals surface area contributed by atoms with Crippen LogP contribution in [0.2, 0.25) is 0 Å². The third-order valence-electron chi connectivity index (χ3n) is 2.30. The van der Waals surface area contributed by atoms with Gasteiger partial charge in [0.15, 0.2) is 0 Å². The third-order valence-corrected chi connectivity index (χ3v) is 2.30. The molecule has 0 radical (unpaired) electrons. The van der Waals surface area contributed by atoms with Crippen LogP contribution < -0.4 is 4.74 Å². The summed E-state index contributed by atoms with van der Waals surface area (Å²) < 4.78 is 9.86. The Hall–Kier alpha value is -2.11. The van der Waals surface area contributed by atoms with Crippen LogP contribution in [0.3, 0.4) is 0 Å². The molecule has 0 saturated carbocycles. The van der Waals surface area contributed by atoms with Gasteiger partial charge in [-0.2, -0.15) is 0 Å². The maximum Gasteiger partial charge on any atom is 0.305 e. The fraction of sp³-hybridized carbons (Fsp3) is 0.417. The van der Waals surface area contributed by atoms with E-state index in [4.69, 9.17) is 4.74 Å². The standard InChI is InChI=1S/C12H15NO5/c1-17-12(14)7-2-3-8-18-11-6-4-5-10(9-11)13(15)16/h4-6,9H,2-3,7-8H2,1H3. The lowest BCUT2D eigenvalue weighted by Crippen LogP contribution is -2.02. The van der Waals surface area contributed by atoms with E-state index in [2.05, 4.69) is 4.74 Å². The SMILES string of the molecule is COC(=O)CCCCOc1cccc([N+](=O)[O-])c1. The third kappa shape index (κ3) is 4.82. The molecule has 0 aliphatic heterocycles. The molecule has 0 bridgehead atoms. The second-order valence-electron chi connectivity index (χ2n) is 3.64. The number of methoxy groups -OCH3 is 1. The molecule has 1 rings (SSSR count). The number of nitro benzene ring substituents is 1. The minimum atomic E-state index is -0.468. The molecule has 0 spiro atoms. The van der Waals surface area contributed by atoms with E-state index in [1.165, 1.54) is 19.2 Å². The quantitative estimate of drug-likeness (QED) is 0.322. The molecule has 0 atom stereocenters. The van der Waals surface area contributed by atoms with Crippen LogP contribution in [0.25, 0.3) is 0 Å². The van der Waals surface area contributed by atoms with E-state index in [0.717, 1.165) is 0 Å². The smallest absolute Gasteiger partial charge is 0.305 e. The van der Waals surface area contributed by atoms with Gasteiger partial charge < -0.3 is 9.47 Å². The Bertz CT molecular complexity index is 419. The largest absolute Gasteiger partial charge is 0.493 e. The van der Waals surface area contributed by atoms with E-state index >= 15 is 0 Å². The minimum Gasteiger partial charge on any atom is -0.493 e. The molecule has 0 aliphatic rings. The first kappa shape index (κ1) is 14.0. The van der Waals surface area contributed by atoms with Crippen LogP contribution in [0.1, 0.15) is 19.3 Å². The zero-order valence-electron chi connectivity index (χ0n) is 10.1. The minimum absolute atomic E-state index is 0.00191. The van der Waals surface area contributed by atoms with Gasteiger partial charge in [-0.1, -0.05) is 6.07 Å². The average Bonchev–Trinajstić information content (AvgIpc) is 2.38. The Balaban J connectivity index is 2.29. The molecule has 0 amide bonds. The maximum absolute atomic E-state index is 10.8. The first-order valence-electron chi connectivity index (χ1n) is 5.57. The second kappa shape index (κ2) is 7.26. The van der Waals surface area contributed by atoms with Gasteiger partial charge >= 0.3 is 5.97 Å². The highest BCUT2D eigenvalue weighted by molar-refractivity contribution is 5.68. The Morgan fingerprint density at radius 2 is 2.17 bits per heavy atom. The van der Waals surface area contributed by atoms with Crippen LogP contribution in [0.5, 0.6) is 5.75 Å². The molecular weight excluding hydrogens is 238 g/mol. The summed E-state index contributed by atoms with van der Waals surface area (Å²) in [6.07, 6.45) is 1.72. The summed E-state index contributed by atoms with van der Waals surface area (Å²) in [7, 11) is 1.35. The predicted molar refractivity (Wildman–Crippen MR) is 64.5 cm³/mol. The van der Waals surface area contributed by atoms with Crippen molar-refractivity contribution in [2.24, 2.45) is 0 Å². The number of hydrogen-bond donors (Lipinski definition) is 0. The van der Waals surface area contributed by atoms with Crippen molar-refractivity contribution in [3.8, 4) is 5.75 Å². The van der Waals surface area contributed by atoms with Gasteiger partial charge in [-0.3, -0.25) is 14.9 Å². The van der Waals surface area contributed by atoms with Crippen LogP contribution in [0, 0.1) is 10.1 Å². The normalized spacial score (nSPS) is 9.83. The van der Waals surface area contributed by atoms with E-state index in [1.54, 1.807) is 12.1 Å². The molecular formula is C12H15NO5. The van der Waals surface area contributed by atoms with Gasteiger partial charge in [0.1, 0.15) is 5.75 Å². The van der Waals surface area contributed by atoms with Crippen LogP contribution in [0.15, 0.2) is 24.3 Å². The zero-order chi connectivity index (χ0) is 13.4.